The summed E-state index contributed by atoms with van der Waals surface area (Å²) in [6.07, 6.45) is 0.302. The molecule has 0 aromatic carbocycles. The smallest absolute Gasteiger partial charge is 0.334 e. The Kier molecular flexibility index (Phi) is 3.99. The van der Waals surface area contributed by atoms with Crippen molar-refractivity contribution in [2.45, 2.75) is 19.4 Å². The molecular weight excluding hydrogens is 302 g/mol. The summed E-state index contributed by atoms with van der Waals surface area (Å²) in [4.78, 5) is 47.9. The molecule has 5 amide bonds. The molecule has 2 aliphatic heterocycles. The van der Waals surface area contributed by atoms with Crippen LogP contribution in [0.25, 0.3) is 0 Å². The quantitative estimate of drug-likeness (QED) is 0.477. The van der Waals surface area contributed by atoms with Crippen molar-refractivity contribution in [1.82, 2.24) is 15.1 Å². The number of hydrogen-bond acceptors (Lipinski definition) is 6. The third-order valence-electron chi connectivity index (χ3n) is 3.35. The molecule has 2 heterocycles. The Morgan fingerprint density at radius 1 is 1.24 bits per heavy atom. The molecule has 9 nitrogen and oxygen atoms in total. The van der Waals surface area contributed by atoms with E-state index in [2.05, 4.69) is 5.32 Å². The van der Waals surface area contributed by atoms with Gasteiger partial charge in [-0.2, -0.15) is 0 Å². The molecule has 2 aliphatic rings. The van der Waals surface area contributed by atoms with Crippen LogP contribution >= 0.6 is 0 Å². The lowest BCUT2D eigenvalue weighted by molar-refractivity contribution is -0.144. The third kappa shape index (κ3) is 3.04. The average molecular weight is 317 g/mol. The van der Waals surface area contributed by atoms with E-state index in [9.17, 15) is 27.6 Å². The van der Waals surface area contributed by atoms with Gasteiger partial charge in [-0.05, 0) is 13.3 Å². The van der Waals surface area contributed by atoms with Crippen LogP contribution in [0, 0.1) is 0 Å². The van der Waals surface area contributed by atoms with Crippen LogP contribution in [0.1, 0.15) is 13.3 Å². The predicted molar refractivity (Wildman–Crippen MR) is 69.7 cm³/mol. The number of urea groups is 1. The summed E-state index contributed by atoms with van der Waals surface area (Å²) in [5.41, 5.74) is 0. The molecule has 1 atom stereocenters. The molecule has 0 radical (unpaired) electrons. The summed E-state index contributed by atoms with van der Waals surface area (Å²) in [6, 6.07) is -1.35. The minimum Gasteiger partial charge on any atom is -0.351 e. The van der Waals surface area contributed by atoms with Crippen molar-refractivity contribution in [3.63, 3.8) is 0 Å². The Labute approximate surface area is 121 Å². The molecule has 21 heavy (non-hydrogen) atoms. The molecule has 10 heteroatoms. The van der Waals surface area contributed by atoms with Gasteiger partial charge in [-0.1, -0.05) is 0 Å². The van der Waals surface area contributed by atoms with Crippen molar-refractivity contribution >= 4 is 33.6 Å². The maximum absolute atomic E-state index is 11.8. The lowest BCUT2D eigenvalue weighted by atomic mass is 10.2. The van der Waals surface area contributed by atoms with Crippen LogP contribution in [0.15, 0.2) is 0 Å². The number of imide groups is 2. The van der Waals surface area contributed by atoms with E-state index in [0.717, 1.165) is 4.90 Å². The van der Waals surface area contributed by atoms with Gasteiger partial charge in [0.25, 0.3) is 0 Å². The summed E-state index contributed by atoms with van der Waals surface area (Å²) in [7, 11) is -3.14. The van der Waals surface area contributed by atoms with E-state index >= 15 is 0 Å². The van der Waals surface area contributed by atoms with Gasteiger partial charge in [0, 0.05) is 12.6 Å². The second-order valence-corrected chi connectivity index (χ2v) is 7.12. The predicted octanol–water partition coefficient (Wildman–Crippen LogP) is -1.90. The Morgan fingerprint density at radius 3 is 2.33 bits per heavy atom. The zero-order valence-electron chi connectivity index (χ0n) is 11.4. The van der Waals surface area contributed by atoms with Crippen molar-refractivity contribution in [3.8, 4) is 0 Å². The standard InChI is InChI=1S/C11H15N3O6S/c1-2-13-9(16)10(17)14(11(13)18)5-8(15)12-7-3-4-21(19,20)6-7/h7H,2-6H2,1H3,(H,12,15)/t7-/m0/s1. The van der Waals surface area contributed by atoms with Crippen molar-refractivity contribution in [1.29, 1.82) is 0 Å². The molecule has 0 saturated carbocycles. The van der Waals surface area contributed by atoms with E-state index in [-0.39, 0.29) is 18.1 Å². The minimum absolute atomic E-state index is 0.00161. The minimum atomic E-state index is -3.14. The van der Waals surface area contributed by atoms with Crippen molar-refractivity contribution < 1.29 is 27.6 Å². The highest BCUT2D eigenvalue weighted by Gasteiger charge is 2.44. The molecule has 116 valence electrons. The highest BCUT2D eigenvalue weighted by Crippen LogP contribution is 2.13. The van der Waals surface area contributed by atoms with Gasteiger partial charge < -0.3 is 5.32 Å². The van der Waals surface area contributed by atoms with Gasteiger partial charge in [0.15, 0.2) is 9.84 Å². The Bertz CT molecular complexity index is 613. The van der Waals surface area contributed by atoms with Crippen molar-refractivity contribution in [2.75, 3.05) is 24.6 Å². The number of hydrogen-bond donors (Lipinski definition) is 1. The summed E-state index contributed by atoms with van der Waals surface area (Å²) in [5.74, 6) is -2.82. The number of amides is 5. The molecule has 0 aromatic rings. The fourth-order valence-corrected chi connectivity index (χ4v) is 3.97. The Morgan fingerprint density at radius 2 is 1.86 bits per heavy atom. The van der Waals surface area contributed by atoms with Gasteiger partial charge in [0.1, 0.15) is 6.54 Å². The number of likely N-dealkylation sites (N-methyl/N-ethyl adjacent to an activating group) is 1. The number of sulfone groups is 1. The second kappa shape index (κ2) is 5.43. The van der Waals surface area contributed by atoms with Crippen molar-refractivity contribution in [3.05, 3.63) is 0 Å². The van der Waals surface area contributed by atoms with Crippen molar-refractivity contribution in [2.24, 2.45) is 0 Å². The highest BCUT2D eigenvalue weighted by atomic mass is 32.2. The number of nitrogens with one attached hydrogen (secondary N) is 1. The largest absolute Gasteiger partial charge is 0.351 e. The maximum Gasteiger partial charge on any atom is 0.334 e. The van der Waals surface area contributed by atoms with Crippen LogP contribution in [0.2, 0.25) is 0 Å². The van der Waals surface area contributed by atoms with E-state index in [1.54, 1.807) is 0 Å². The van der Waals surface area contributed by atoms with E-state index < -0.39 is 46.2 Å². The van der Waals surface area contributed by atoms with Gasteiger partial charge in [0.2, 0.25) is 5.91 Å². The van der Waals surface area contributed by atoms with Gasteiger partial charge in [-0.15, -0.1) is 0 Å². The molecule has 0 aromatic heterocycles. The van der Waals surface area contributed by atoms with E-state index in [1.807, 2.05) is 0 Å². The molecule has 0 bridgehead atoms. The van der Waals surface area contributed by atoms with Gasteiger partial charge in [-0.25, -0.2) is 18.1 Å². The highest BCUT2D eigenvalue weighted by molar-refractivity contribution is 7.91. The molecule has 2 fully saturated rings. The molecule has 1 N–H and O–H groups in total. The van der Waals surface area contributed by atoms with Crippen LogP contribution in [-0.2, 0) is 24.2 Å². The van der Waals surface area contributed by atoms with Gasteiger partial charge >= 0.3 is 17.8 Å². The lowest BCUT2D eigenvalue weighted by Gasteiger charge is -2.16. The van der Waals surface area contributed by atoms with E-state index in [1.165, 1.54) is 6.92 Å². The van der Waals surface area contributed by atoms with E-state index in [4.69, 9.17) is 0 Å². The summed E-state index contributed by atoms with van der Waals surface area (Å²) in [5, 5.41) is 2.46. The summed E-state index contributed by atoms with van der Waals surface area (Å²) < 4.78 is 22.5. The normalized spacial score (nSPS) is 24.8. The Balaban J connectivity index is 1.96. The zero-order chi connectivity index (χ0) is 15.8. The fraction of sp³-hybridized carbons (Fsp3) is 0.636. The average Bonchev–Trinajstić information content (AvgIpc) is 2.82. The van der Waals surface area contributed by atoms with Gasteiger partial charge in [0.05, 0.1) is 11.5 Å². The monoisotopic (exact) mass is 317 g/mol. The molecular formula is C11H15N3O6S. The fourth-order valence-electron chi connectivity index (χ4n) is 2.29. The first-order valence-electron chi connectivity index (χ1n) is 6.42. The molecule has 0 aliphatic carbocycles. The first-order chi connectivity index (χ1) is 9.75. The number of rotatable bonds is 4. The van der Waals surface area contributed by atoms with Crippen LogP contribution in [0.4, 0.5) is 4.79 Å². The van der Waals surface area contributed by atoms with E-state index in [0.29, 0.717) is 11.3 Å². The molecule has 0 spiro atoms. The number of carbonyl (C=O) groups excluding carboxylic acids is 4. The van der Waals surface area contributed by atoms with Crippen LogP contribution in [0.5, 0.6) is 0 Å². The third-order valence-corrected chi connectivity index (χ3v) is 5.12. The SMILES string of the molecule is CCN1C(=O)C(=O)N(CC(=O)N[C@H]2CCS(=O)(=O)C2)C1=O. The zero-order valence-corrected chi connectivity index (χ0v) is 12.2. The Hall–Kier alpha value is -1.97. The first kappa shape index (κ1) is 15.4. The van der Waals surface area contributed by atoms with Crippen LogP contribution in [0.3, 0.4) is 0 Å². The first-order valence-corrected chi connectivity index (χ1v) is 8.24. The maximum atomic E-state index is 11.8. The topological polar surface area (TPSA) is 121 Å². The summed E-state index contributed by atoms with van der Waals surface area (Å²) >= 11 is 0. The van der Waals surface area contributed by atoms with Crippen LogP contribution < -0.4 is 5.32 Å². The lowest BCUT2D eigenvalue weighted by Crippen LogP contribution is -2.45. The molecule has 2 saturated heterocycles. The van der Waals surface area contributed by atoms with Gasteiger partial charge in [-0.3, -0.25) is 19.3 Å². The number of carbonyl (C=O) groups is 4. The number of nitrogens with zero attached hydrogens (tertiary/aromatic N) is 2. The molecule has 2 rings (SSSR count). The van der Waals surface area contributed by atoms with Crippen LogP contribution in [-0.4, -0.2) is 72.6 Å². The molecule has 0 unspecified atom stereocenters. The summed E-state index contributed by atoms with van der Waals surface area (Å²) in [6.45, 7) is 0.995. The second-order valence-electron chi connectivity index (χ2n) is 4.89.